The molecule has 0 radical (unpaired) electrons. The predicted octanol–water partition coefficient (Wildman–Crippen LogP) is 2.65. The van der Waals surface area contributed by atoms with Crippen molar-refractivity contribution < 1.29 is 4.79 Å². The smallest absolute Gasteiger partial charge is 0.334 e. The van der Waals surface area contributed by atoms with Crippen molar-refractivity contribution in [3.8, 4) is 0 Å². The molecule has 0 unspecified atom stereocenters. The molecule has 21 heavy (non-hydrogen) atoms. The molecule has 0 aliphatic rings. The zero-order chi connectivity index (χ0) is 15.0. The van der Waals surface area contributed by atoms with Crippen LogP contribution in [0.25, 0.3) is 11.0 Å². The Hall–Kier alpha value is -2.73. The number of rotatable bonds is 1. The van der Waals surface area contributed by atoms with Crippen molar-refractivity contribution in [2.75, 3.05) is 11.1 Å². The lowest BCUT2D eigenvalue weighted by atomic mass is 10.3. The van der Waals surface area contributed by atoms with Gasteiger partial charge in [0.15, 0.2) is 0 Å². The molecule has 3 rings (SSSR count). The molecule has 106 valence electrons. The summed E-state index contributed by atoms with van der Waals surface area (Å²) in [5, 5.41) is 3.11. The van der Waals surface area contributed by atoms with Gasteiger partial charge in [0.25, 0.3) is 0 Å². The monoisotopic (exact) mass is 302 g/mol. The number of nitrogens with zero attached hydrogens (tertiary/aromatic N) is 1. The second kappa shape index (κ2) is 4.99. The highest BCUT2D eigenvalue weighted by Crippen LogP contribution is 2.17. The molecule has 3 aromatic rings. The van der Waals surface area contributed by atoms with Crippen LogP contribution in [0.1, 0.15) is 0 Å². The third kappa shape index (κ3) is 2.48. The number of imidazole rings is 1. The highest BCUT2D eigenvalue weighted by molar-refractivity contribution is 6.30. The van der Waals surface area contributed by atoms with Gasteiger partial charge < -0.3 is 16.0 Å². The Kier molecular flexibility index (Phi) is 3.15. The minimum absolute atomic E-state index is 0.416. The second-order valence-corrected chi connectivity index (χ2v) is 4.92. The summed E-state index contributed by atoms with van der Waals surface area (Å²) in [5.74, 6) is 0. The van der Waals surface area contributed by atoms with Crippen LogP contribution in [0.5, 0.6) is 0 Å². The number of H-pyrrole nitrogens is 1. The Morgan fingerprint density at radius 2 is 2.05 bits per heavy atom. The number of nitrogen functional groups attached to an aromatic ring is 1. The second-order valence-electron chi connectivity index (χ2n) is 4.48. The lowest BCUT2D eigenvalue weighted by Gasteiger charge is -2.06. The fourth-order valence-corrected chi connectivity index (χ4v) is 2.26. The van der Waals surface area contributed by atoms with Crippen molar-refractivity contribution in [2.24, 2.45) is 0 Å². The summed E-state index contributed by atoms with van der Waals surface area (Å²) in [7, 11) is 0. The number of benzene rings is 2. The maximum Gasteiger partial charge on any atom is 0.334 e. The zero-order valence-electron chi connectivity index (χ0n) is 10.8. The predicted molar refractivity (Wildman–Crippen MR) is 82.8 cm³/mol. The Morgan fingerprint density at radius 1 is 1.24 bits per heavy atom. The van der Waals surface area contributed by atoms with Crippen LogP contribution in [-0.2, 0) is 0 Å². The first-order valence-corrected chi connectivity index (χ1v) is 6.49. The Morgan fingerprint density at radius 3 is 2.81 bits per heavy atom. The molecule has 0 saturated carbocycles. The molecule has 2 aromatic carbocycles. The van der Waals surface area contributed by atoms with E-state index < -0.39 is 11.7 Å². The van der Waals surface area contributed by atoms with Crippen molar-refractivity contribution in [1.29, 1.82) is 0 Å². The molecule has 1 amide bonds. The third-order valence-corrected chi connectivity index (χ3v) is 3.22. The van der Waals surface area contributed by atoms with Crippen molar-refractivity contribution >= 4 is 40.0 Å². The average molecular weight is 303 g/mol. The SMILES string of the molecule is Nc1ccc2[nH]c(=O)n(C(=O)Nc3cccc(Cl)c3)c2c1. The first-order chi connectivity index (χ1) is 10.0. The van der Waals surface area contributed by atoms with E-state index in [0.717, 1.165) is 4.57 Å². The molecular weight excluding hydrogens is 292 g/mol. The molecule has 0 aliphatic carbocycles. The summed E-state index contributed by atoms with van der Waals surface area (Å²) in [5.41, 5.74) is 7.08. The standard InChI is InChI=1S/C14H11ClN4O2/c15-8-2-1-3-10(6-8)17-13(20)19-12-7-9(16)4-5-11(12)18-14(19)21/h1-7H,16H2,(H,17,20)(H,18,21). The number of anilines is 2. The molecule has 0 aliphatic heterocycles. The minimum atomic E-state index is -0.584. The lowest BCUT2D eigenvalue weighted by Crippen LogP contribution is -2.29. The molecule has 1 heterocycles. The number of nitrogens with one attached hydrogen (secondary N) is 2. The van der Waals surface area contributed by atoms with Gasteiger partial charge in [-0.3, -0.25) is 0 Å². The van der Waals surface area contributed by atoms with Crippen molar-refractivity contribution in [1.82, 2.24) is 9.55 Å². The maximum absolute atomic E-state index is 12.3. The van der Waals surface area contributed by atoms with Gasteiger partial charge in [0.05, 0.1) is 11.0 Å². The van der Waals surface area contributed by atoms with E-state index in [1.807, 2.05) is 0 Å². The van der Waals surface area contributed by atoms with Crippen LogP contribution >= 0.6 is 11.6 Å². The number of amides is 1. The van der Waals surface area contributed by atoms with E-state index in [2.05, 4.69) is 10.3 Å². The number of halogens is 1. The molecule has 0 saturated heterocycles. The number of carbonyl (C=O) groups is 1. The molecule has 1 aromatic heterocycles. The van der Waals surface area contributed by atoms with E-state index in [9.17, 15) is 9.59 Å². The number of aromatic nitrogens is 2. The van der Waals surface area contributed by atoms with Gasteiger partial charge in [-0.05, 0) is 36.4 Å². The highest BCUT2D eigenvalue weighted by atomic mass is 35.5. The van der Waals surface area contributed by atoms with Gasteiger partial charge in [-0.2, -0.15) is 0 Å². The summed E-state index contributed by atoms with van der Waals surface area (Å²) in [6, 6.07) is 10.9. The first kappa shape index (κ1) is 13.3. The van der Waals surface area contributed by atoms with Crippen LogP contribution in [-0.4, -0.2) is 15.6 Å². The molecular formula is C14H11ClN4O2. The minimum Gasteiger partial charge on any atom is -0.399 e. The van der Waals surface area contributed by atoms with Gasteiger partial charge in [-0.15, -0.1) is 0 Å². The number of hydrogen-bond acceptors (Lipinski definition) is 3. The largest absolute Gasteiger partial charge is 0.399 e. The van der Waals surface area contributed by atoms with Crippen LogP contribution in [0.3, 0.4) is 0 Å². The number of hydrogen-bond donors (Lipinski definition) is 3. The zero-order valence-corrected chi connectivity index (χ0v) is 11.5. The average Bonchev–Trinajstić information content (AvgIpc) is 2.74. The fraction of sp³-hybridized carbons (Fsp3) is 0. The summed E-state index contributed by atoms with van der Waals surface area (Å²) >= 11 is 5.86. The van der Waals surface area contributed by atoms with Gasteiger partial charge in [-0.1, -0.05) is 17.7 Å². The van der Waals surface area contributed by atoms with Crippen LogP contribution in [0.4, 0.5) is 16.2 Å². The van der Waals surface area contributed by atoms with E-state index in [1.165, 1.54) is 0 Å². The first-order valence-electron chi connectivity index (χ1n) is 6.12. The van der Waals surface area contributed by atoms with E-state index in [1.54, 1.807) is 42.5 Å². The summed E-state index contributed by atoms with van der Waals surface area (Å²) in [4.78, 5) is 26.8. The summed E-state index contributed by atoms with van der Waals surface area (Å²) in [6.07, 6.45) is 0. The summed E-state index contributed by atoms with van der Waals surface area (Å²) < 4.78 is 0.993. The van der Waals surface area contributed by atoms with Crippen LogP contribution in [0.15, 0.2) is 47.3 Å². The maximum atomic E-state index is 12.3. The number of fused-ring (bicyclic) bond motifs is 1. The molecule has 4 N–H and O–H groups in total. The van der Waals surface area contributed by atoms with E-state index >= 15 is 0 Å². The van der Waals surface area contributed by atoms with E-state index in [0.29, 0.717) is 27.4 Å². The highest BCUT2D eigenvalue weighted by Gasteiger charge is 2.14. The number of aromatic amines is 1. The van der Waals surface area contributed by atoms with Gasteiger partial charge >= 0.3 is 11.7 Å². The van der Waals surface area contributed by atoms with Crippen molar-refractivity contribution in [3.05, 3.63) is 58.0 Å². The third-order valence-electron chi connectivity index (χ3n) is 2.99. The normalized spacial score (nSPS) is 10.7. The molecule has 6 nitrogen and oxygen atoms in total. The van der Waals surface area contributed by atoms with E-state index in [4.69, 9.17) is 17.3 Å². The van der Waals surface area contributed by atoms with Crippen molar-refractivity contribution in [3.63, 3.8) is 0 Å². The van der Waals surface area contributed by atoms with Crippen LogP contribution < -0.4 is 16.7 Å². The number of carbonyl (C=O) groups excluding carboxylic acids is 1. The van der Waals surface area contributed by atoms with Gasteiger partial charge in [-0.25, -0.2) is 14.2 Å². The molecule has 7 heteroatoms. The van der Waals surface area contributed by atoms with Gasteiger partial charge in [0.2, 0.25) is 0 Å². The van der Waals surface area contributed by atoms with Crippen molar-refractivity contribution in [2.45, 2.75) is 0 Å². The Labute approximate surface area is 124 Å². The van der Waals surface area contributed by atoms with Crippen LogP contribution in [0.2, 0.25) is 5.02 Å². The van der Waals surface area contributed by atoms with Crippen LogP contribution in [0, 0.1) is 0 Å². The summed E-state index contributed by atoms with van der Waals surface area (Å²) in [6.45, 7) is 0. The molecule has 0 spiro atoms. The topological polar surface area (TPSA) is 92.9 Å². The van der Waals surface area contributed by atoms with E-state index in [-0.39, 0.29) is 0 Å². The Balaban J connectivity index is 2.04. The van der Waals surface area contributed by atoms with Gasteiger partial charge in [0.1, 0.15) is 0 Å². The molecule has 0 bridgehead atoms. The molecule has 0 fully saturated rings. The Bertz CT molecular complexity index is 897. The molecule has 0 atom stereocenters. The quantitative estimate of drug-likeness (QED) is 0.603. The fourth-order valence-electron chi connectivity index (χ4n) is 2.07. The number of nitrogens with two attached hydrogens (primary N) is 1. The van der Waals surface area contributed by atoms with Gasteiger partial charge in [0, 0.05) is 16.4 Å². The lowest BCUT2D eigenvalue weighted by molar-refractivity contribution is 0.253.